The molecule has 0 bridgehead atoms. The van der Waals surface area contributed by atoms with Crippen molar-refractivity contribution in [1.82, 2.24) is 0 Å². The number of hydrogen-bond acceptors (Lipinski definition) is 4. The van der Waals surface area contributed by atoms with Crippen molar-refractivity contribution in [3.8, 4) is 5.75 Å². The Hall–Kier alpha value is -3.08. The number of rotatable bonds is 4. The average Bonchev–Trinajstić information content (AvgIpc) is 2.53. The summed E-state index contributed by atoms with van der Waals surface area (Å²) in [5.74, 6) is 0.233. The lowest BCUT2D eigenvalue weighted by atomic mass is 10.1. The largest absolute Gasteiger partial charge is 0.494 e. The zero-order valence-corrected chi connectivity index (χ0v) is 14.4. The minimum atomic E-state index is -0.577. The van der Waals surface area contributed by atoms with E-state index < -0.39 is 5.63 Å². The molecule has 0 aliphatic rings. The average molecular weight is 337 g/mol. The lowest BCUT2D eigenvalue weighted by Gasteiger charge is -2.10. The van der Waals surface area contributed by atoms with Gasteiger partial charge in [-0.2, -0.15) is 0 Å². The Morgan fingerprint density at radius 1 is 1.08 bits per heavy atom. The number of anilines is 1. The number of fused-ring (bicyclic) bond motifs is 1. The lowest BCUT2D eigenvalue weighted by molar-refractivity contribution is 0.102. The second kappa shape index (κ2) is 6.81. The van der Waals surface area contributed by atoms with Crippen LogP contribution in [0, 0.1) is 13.8 Å². The molecule has 0 saturated heterocycles. The molecule has 0 aliphatic heterocycles. The van der Waals surface area contributed by atoms with Gasteiger partial charge in [0.2, 0.25) is 0 Å². The molecule has 25 heavy (non-hydrogen) atoms. The van der Waals surface area contributed by atoms with Gasteiger partial charge in [-0.1, -0.05) is 6.07 Å². The molecule has 0 spiro atoms. The Morgan fingerprint density at radius 2 is 1.80 bits per heavy atom. The number of aryl methyl sites for hydroxylation is 2. The van der Waals surface area contributed by atoms with Gasteiger partial charge in [0.15, 0.2) is 0 Å². The number of nitrogens with one attached hydrogen (secondary N) is 1. The van der Waals surface area contributed by atoms with Crippen LogP contribution in [0.5, 0.6) is 5.75 Å². The van der Waals surface area contributed by atoms with Crippen LogP contribution in [-0.4, -0.2) is 12.5 Å². The maximum atomic E-state index is 12.7. The van der Waals surface area contributed by atoms with Crippen molar-refractivity contribution in [1.29, 1.82) is 0 Å². The summed E-state index contributed by atoms with van der Waals surface area (Å²) in [6.07, 6.45) is 0. The fourth-order valence-corrected chi connectivity index (χ4v) is 2.83. The van der Waals surface area contributed by atoms with Crippen molar-refractivity contribution < 1.29 is 13.9 Å². The second-order valence-corrected chi connectivity index (χ2v) is 5.90. The standard InChI is InChI=1S/C20H19NO4/c1-4-24-15-5-6-16-17(11-19(22)25-18(16)10-15)20(23)21-14-8-12(2)7-13(3)9-14/h5-11H,4H2,1-3H3,(H,21,23). The predicted molar refractivity (Wildman–Crippen MR) is 97.5 cm³/mol. The molecule has 0 aliphatic carbocycles. The highest BCUT2D eigenvalue weighted by atomic mass is 16.5. The first-order chi connectivity index (χ1) is 12.0. The summed E-state index contributed by atoms with van der Waals surface area (Å²) >= 11 is 0. The molecule has 0 atom stereocenters. The van der Waals surface area contributed by atoms with Crippen LogP contribution in [0.25, 0.3) is 11.0 Å². The monoisotopic (exact) mass is 337 g/mol. The van der Waals surface area contributed by atoms with Crippen LogP contribution in [0.1, 0.15) is 28.4 Å². The fourth-order valence-electron chi connectivity index (χ4n) is 2.83. The molecule has 1 amide bonds. The number of hydrogen-bond donors (Lipinski definition) is 1. The quantitative estimate of drug-likeness (QED) is 0.729. The number of amides is 1. The molecule has 3 rings (SSSR count). The molecule has 0 radical (unpaired) electrons. The molecule has 1 aromatic heterocycles. The Bertz CT molecular complexity index is 984. The summed E-state index contributed by atoms with van der Waals surface area (Å²) in [6.45, 7) is 6.30. The maximum absolute atomic E-state index is 12.7. The Labute approximate surface area is 145 Å². The lowest BCUT2D eigenvalue weighted by Crippen LogP contribution is -2.15. The minimum Gasteiger partial charge on any atom is -0.494 e. The van der Waals surface area contributed by atoms with E-state index in [2.05, 4.69) is 5.32 Å². The van der Waals surface area contributed by atoms with Gasteiger partial charge in [-0.3, -0.25) is 4.79 Å². The van der Waals surface area contributed by atoms with Crippen LogP contribution in [0.2, 0.25) is 0 Å². The third kappa shape index (κ3) is 3.71. The first kappa shape index (κ1) is 16.8. The summed E-state index contributed by atoms with van der Waals surface area (Å²) in [5, 5.41) is 3.41. The van der Waals surface area contributed by atoms with Gasteiger partial charge in [-0.25, -0.2) is 4.79 Å². The first-order valence-electron chi connectivity index (χ1n) is 8.06. The third-order valence-corrected chi connectivity index (χ3v) is 3.75. The van der Waals surface area contributed by atoms with Crippen molar-refractivity contribution in [3.63, 3.8) is 0 Å². The molecule has 5 nitrogen and oxygen atoms in total. The van der Waals surface area contributed by atoms with Crippen LogP contribution in [0.4, 0.5) is 5.69 Å². The van der Waals surface area contributed by atoms with Gasteiger partial charge in [0.1, 0.15) is 11.3 Å². The van der Waals surface area contributed by atoms with Crippen LogP contribution in [-0.2, 0) is 0 Å². The Kier molecular flexibility index (Phi) is 4.57. The van der Waals surface area contributed by atoms with E-state index in [1.165, 1.54) is 6.07 Å². The van der Waals surface area contributed by atoms with Crippen molar-refractivity contribution in [2.75, 3.05) is 11.9 Å². The van der Waals surface area contributed by atoms with E-state index in [4.69, 9.17) is 9.15 Å². The Morgan fingerprint density at radius 3 is 2.48 bits per heavy atom. The van der Waals surface area contributed by atoms with E-state index in [0.29, 0.717) is 29.0 Å². The zero-order chi connectivity index (χ0) is 18.0. The highest BCUT2D eigenvalue weighted by molar-refractivity contribution is 6.12. The molecular weight excluding hydrogens is 318 g/mol. The highest BCUT2D eigenvalue weighted by Crippen LogP contribution is 2.24. The van der Waals surface area contributed by atoms with Crippen molar-refractivity contribution >= 4 is 22.6 Å². The van der Waals surface area contributed by atoms with E-state index in [-0.39, 0.29) is 11.5 Å². The van der Waals surface area contributed by atoms with Gasteiger partial charge in [-0.15, -0.1) is 0 Å². The van der Waals surface area contributed by atoms with E-state index in [1.807, 2.05) is 39.0 Å². The molecule has 0 saturated carbocycles. The zero-order valence-electron chi connectivity index (χ0n) is 14.4. The second-order valence-electron chi connectivity index (χ2n) is 5.90. The highest BCUT2D eigenvalue weighted by Gasteiger charge is 2.14. The molecule has 0 unspecified atom stereocenters. The minimum absolute atomic E-state index is 0.272. The van der Waals surface area contributed by atoms with Crippen LogP contribution < -0.4 is 15.7 Å². The third-order valence-electron chi connectivity index (χ3n) is 3.75. The molecule has 0 fully saturated rings. The van der Waals surface area contributed by atoms with Crippen LogP contribution in [0.3, 0.4) is 0 Å². The number of carbonyl (C=O) groups is 1. The van der Waals surface area contributed by atoms with Crippen molar-refractivity contribution in [2.45, 2.75) is 20.8 Å². The van der Waals surface area contributed by atoms with Gasteiger partial charge < -0.3 is 14.5 Å². The summed E-state index contributed by atoms with van der Waals surface area (Å²) < 4.78 is 10.6. The number of ether oxygens (including phenoxy) is 1. The van der Waals surface area contributed by atoms with Gasteiger partial charge in [0, 0.05) is 23.2 Å². The van der Waals surface area contributed by atoms with Gasteiger partial charge in [0.25, 0.3) is 5.91 Å². The summed E-state index contributed by atoms with van der Waals surface area (Å²) in [5.41, 5.74) is 2.81. The molecular formula is C20H19NO4. The first-order valence-corrected chi connectivity index (χ1v) is 8.06. The fraction of sp³-hybridized carbons (Fsp3) is 0.200. The molecule has 128 valence electrons. The maximum Gasteiger partial charge on any atom is 0.337 e. The summed E-state index contributed by atoms with van der Waals surface area (Å²) in [7, 11) is 0. The van der Waals surface area contributed by atoms with Crippen molar-refractivity contribution in [3.05, 3.63) is 69.6 Å². The van der Waals surface area contributed by atoms with Crippen LogP contribution >= 0.6 is 0 Å². The normalized spacial score (nSPS) is 10.7. The molecule has 3 aromatic rings. The van der Waals surface area contributed by atoms with Gasteiger partial charge >= 0.3 is 5.63 Å². The van der Waals surface area contributed by atoms with Gasteiger partial charge in [0.05, 0.1) is 12.2 Å². The van der Waals surface area contributed by atoms with E-state index in [1.54, 1.807) is 18.2 Å². The molecule has 1 heterocycles. The van der Waals surface area contributed by atoms with E-state index in [9.17, 15) is 9.59 Å². The molecule has 5 heteroatoms. The summed E-state index contributed by atoms with van der Waals surface area (Å²) in [4.78, 5) is 24.5. The Balaban J connectivity index is 2.01. The van der Waals surface area contributed by atoms with Crippen molar-refractivity contribution in [2.24, 2.45) is 0 Å². The van der Waals surface area contributed by atoms with E-state index in [0.717, 1.165) is 11.1 Å². The van der Waals surface area contributed by atoms with Gasteiger partial charge in [-0.05, 0) is 56.2 Å². The predicted octanol–water partition coefficient (Wildman–Crippen LogP) is 4.06. The SMILES string of the molecule is CCOc1ccc2c(C(=O)Nc3cc(C)cc(C)c3)cc(=O)oc2c1. The van der Waals surface area contributed by atoms with E-state index >= 15 is 0 Å². The summed E-state index contributed by atoms with van der Waals surface area (Å²) in [6, 6.07) is 12.1. The number of benzene rings is 2. The topological polar surface area (TPSA) is 68.5 Å². The van der Waals surface area contributed by atoms with Crippen LogP contribution in [0.15, 0.2) is 51.7 Å². The molecule has 1 N–H and O–H groups in total. The molecule has 2 aromatic carbocycles. The smallest absolute Gasteiger partial charge is 0.337 e. The number of carbonyl (C=O) groups excluding carboxylic acids is 1.